The smallest absolute Gasteiger partial charge is 0.309 e. The van der Waals surface area contributed by atoms with Crippen LogP contribution in [-0.4, -0.2) is 16.1 Å². The van der Waals surface area contributed by atoms with E-state index >= 15 is 0 Å². The number of carbonyl (C=O) groups is 1. The van der Waals surface area contributed by atoms with Gasteiger partial charge in [0, 0.05) is 10.4 Å². The number of carboxylic acid groups (broad SMARTS) is 1. The quantitative estimate of drug-likeness (QED) is 0.908. The molecule has 1 aromatic heterocycles. The molecule has 17 heavy (non-hydrogen) atoms. The number of rotatable bonds is 2. The molecular weight excluding hydrogens is 261 g/mol. The molecule has 5 heteroatoms. The number of aliphatic carboxylic acids is 1. The first-order valence-corrected chi connectivity index (χ1v) is 5.70. The zero-order valence-electron chi connectivity index (χ0n) is 9.00. The number of benzene rings is 1. The van der Waals surface area contributed by atoms with Gasteiger partial charge in [-0.2, -0.15) is 0 Å². The van der Waals surface area contributed by atoms with E-state index in [1.165, 1.54) is 0 Å². The Labute approximate surface area is 108 Å². The zero-order chi connectivity index (χ0) is 12.6. The molecule has 1 N–H and O–H groups in total. The molecule has 0 atom stereocenters. The third kappa shape index (κ3) is 2.51. The van der Waals surface area contributed by atoms with Crippen LogP contribution < -0.4 is 0 Å². The Kier molecular flexibility index (Phi) is 3.22. The summed E-state index contributed by atoms with van der Waals surface area (Å²) < 4.78 is 0. The minimum absolute atomic E-state index is 0.110. The Balaban J connectivity index is 2.68. The molecule has 0 amide bonds. The lowest BCUT2D eigenvalue weighted by Gasteiger charge is -2.07. The molecular formula is C12H9Cl2NO2. The minimum Gasteiger partial charge on any atom is -0.481 e. The van der Waals surface area contributed by atoms with E-state index in [0.717, 1.165) is 10.9 Å². The lowest BCUT2D eigenvalue weighted by atomic mass is 10.1. The van der Waals surface area contributed by atoms with E-state index in [2.05, 4.69) is 4.98 Å². The van der Waals surface area contributed by atoms with Crippen LogP contribution in [0.15, 0.2) is 18.2 Å². The number of fused-ring (bicyclic) bond motifs is 1. The van der Waals surface area contributed by atoms with Crippen LogP contribution in [0.25, 0.3) is 10.9 Å². The number of carboxylic acids is 1. The summed E-state index contributed by atoms with van der Waals surface area (Å²) in [6.07, 6.45) is -0.110. The third-order valence-corrected chi connectivity index (χ3v) is 2.92. The summed E-state index contributed by atoms with van der Waals surface area (Å²) in [6.45, 7) is 1.87. The highest BCUT2D eigenvalue weighted by Crippen LogP contribution is 2.29. The molecule has 0 saturated heterocycles. The maximum absolute atomic E-state index is 10.7. The van der Waals surface area contributed by atoms with E-state index in [4.69, 9.17) is 28.3 Å². The van der Waals surface area contributed by atoms with E-state index in [1.54, 1.807) is 18.2 Å². The van der Waals surface area contributed by atoms with Gasteiger partial charge in [-0.05, 0) is 30.7 Å². The van der Waals surface area contributed by atoms with Crippen molar-refractivity contribution >= 4 is 40.1 Å². The summed E-state index contributed by atoms with van der Waals surface area (Å²) in [5, 5.41) is 10.6. The second kappa shape index (κ2) is 4.51. The van der Waals surface area contributed by atoms with Crippen molar-refractivity contribution in [3.05, 3.63) is 39.5 Å². The number of nitrogens with zero attached hydrogens (tertiary/aromatic N) is 1. The van der Waals surface area contributed by atoms with Crippen molar-refractivity contribution in [3.63, 3.8) is 0 Å². The molecule has 0 unspecified atom stereocenters. The van der Waals surface area contributed by atoms with Gasteiger partial charge < -0.3 is 5.11 Å². The predicted octanol–water partition coefficient (Wildman–Crippen LogP) is 3.48. The summed E-state index contributed by atoms with van der Waals surface area (Å²) in [5.41, 5.74) is 2.02. The van der Waals surface area contributed by atoms with Gasteiger partial charge in [0.05, 0.1) is 22.7 Å². The largest absolute Gasteiger partial charge is 0.481 e. The molecule has 1 aromatic carbocycles. The maximum Gasteiger partial charge on any atom is 0.309 e. The Morgan fingerprint density at radius 1 is 1.35 bits per heavy atom. The molecule has 0 radical (unpaired) electrons. The molecule has 0 aliphatic carbocycles. The summed E-state index contributed by atoms with van der Waals surface area (Å²) in [7, 11) is 0. The first kappa shape index (κ1) is 12.1. The van der Waals surface area contributed by atoms with Gasteiger partial charge in [0.1, 0.15) is 0 Å². The van der Waals surface area contributed by atoms with Crippen LogP contribution in [0.5, 0.6) is 0 Å². The van der Waals surface area contributed by atoms with Crippen molar-refractivity contribution in [2.45, 2.75) is 13.3 Å². The number of aryl methyl sites for hydroxylation is 1. The average molecular weight is 270 g/mol. The van der Waals surface area contributed by atoms with Gasteiger partial charge in [0.2, 0.25) is 0 Å². The molecule has 2 rings (SSSR count). The van der Waals surface area contributed by atoms with E-state index in [1.807, 2.05) is 6.92 Å². The van der Waals surface area contributed by atoms with Crippen molar-refractivity contribution in [3.8, 4) is 0 Å². The van der Waals surface area contributed by atoms with Crippen molar-refractivity contribution in [1.82, 2.24) is 4.98 Å². The Hall–Kier alpha value is -1.32. The van der Waals surface area contributed by atoms with Crippen molar-refractivity contribution in [2.75, 3.05) is 0 Å². The van der Waals surface area contributed by atoms with Crippen LogP contribution in [0.3, 0.4) is 0 Å². The molecule has 0 fully saturated rings. The monoisotopic (exact) mass is 269 g/mol. The minimum atomic E-state index is -0.913. The number of halogens is 2. The maximum atomic E-state index is 10.7. The zero-order valence-corrected chi connectivity index (χ0v) is 10.5. The first-order chi connectivity index (χ1) is 7.97. The molecule has 0 bridgehead atoms. The van der Waals surface area contributed by atoms with E-state index in [9.17, 15) is 4.79 Å². The van der Waals surface area contributed by atoms with Gasteiger partial charge in [-0.15, -0.1) is 0 Å². The van der Waals surface area contributed by atoms with Gasteiger partial charge in [-0.3, -0.25) is 9.78 Å². The van der Waals surface area contributed by atoms with Crippen LogP contribution in [0.4, 0.5) is 0 Å². The Bertz CT molecular complexity index is 611. The summed E-state index contributed by atoms with van der Waals surface area (Å²) in [5.74, 6) is -0.913. The van der Waals surface area contributed by atoms with Crippen molar-refractivity contribution < 1.29 is 9.90 Å². The molecule has 0 aliphatic rings. The highest BCUT2D eigenvalue weighted by Gasteiger charge is 2.09. The molecule has 2 aromatic rings. The van der Waals surface area contributed by atoms with Crippen LogP contribution in [-0.2, 0) is 11.2 Å². The molecule has 3 nitrogen and oxygen atoms in total. The van der Waals surface area contributed by atoms with Crippen LogP contribution >= 0.6 is 23.2 Å². The van der Waals surface area contributed by atoms with E-state index in [-0.39, 0.29) is 6.42 Å². The highest BCUT2D eigenvalue weighted by molar-refractivity contribution is 6.38. The number of pyridine rings is 1. The predicted molar refractivity (Wildman–Crippen MR) is 67.8 cm³/mol. The van der Waals surface area contributed by atoms with Crippen molar-refractivity contribution in [2.24, 2.45) is 0 Å². The van der Waals surface area contributed by atoms with Gasteiger partial charge in [-0.25, -0.2) is 0 Å². The fraction of sp³-hybridized carbons (Fsp3) is 0.167. The SMILES string of the molecule is Cc1cc(CC(=O)O)nc2cc(Cl)cc(Cl)c12. The lowest BCUT2D eigenvalue weighted by molar-refractivity contribution is -0.136. The standard InChI is InChI=1S/C12H9Cl2NO2/c1-6-2-8(5-11(16)17)15-10-4-7(13)3-9(14)12(6)10/h2-4H,5H2,1H3,(H,16,17). The van der Waals surface area contributed by atoms with Gasteiger partial charge in [-0.1, -0.05) is 23.2 Å². The number of hydrogen-bond acceptors (Lipinski definition) is 2. The normalized spacial score (nSPS) is 10.8. The Morgan fingerprint density at radius 3 is 2.71 bits per heavy atom. The molecule has 0 saturated carbocycles. The molecule has 88 valence electrons. The molecule has 1 heterocycles. The number of aromatic nitrogens is 1. The summed E-state index contributed by atoms with van der Waals surface area (Å²) in [4.78, 5) is 14.9. The average Bonchev–Trinajstić information content (AvgIpc) is 2.13. The van der Waals surface area contributed by atoms with Gasteiger partial charge in [0.25, 0.3) is 0 Å². The fourth-order valence-corrected chi connectivity index (χ4v) is 2.42. The third-order valence-electron chi connectivity index (χ3n) is 2.41. The van der Waals surface area contributed by atoms with Crippen LogP contribution in [0.1, 0.15) is 11.3 Å². The molecule has 0 aliphatic heterocycles. The lowest BCUT2D eigenvalue weighted by Crippen LogP contribution is -2.03. The van der Waals surface area contributed by atoms with Gasteiger partial charge in [0.15, 0.2) is 0 Å². The first-order valence-electron chi connectivity index (χ1n) is 4.94. The molecule has 0 spiro atoms. The van der Waals surface area contributed by atoms with E-state index in [0.29, 0.717) is 21.3 Å². The highest BCUT2D eigenvalue weighted by atomic mass is 35.5. The van der Waals surface area contributed by atoms with Gasteiger partial charge >= 0.3 is 5.97 Å². The van der Waals surface area contributed by atoms with Crippen molar-refractivity contribution in [1.29, 1.82) is 0 Å². The topological polar surface area (TPSA) is 50.2 Å². The van der Waals surface area contributed by atoms with E-state index < -0.39 is 5.97 Å². The van der Waals surface area contributed by atoms with Crippen LogP contribution in [0, 0.1) is 6.92 Å². The Morgan fingerprint density at radius 2 is 2.06 bits per heavy atom. The van der Waals surface area contributed by atoms with Crippen LogP contribution in [0.2, 0.25) is 10.0 Å². The summed E-state index contributed by atoms with van der Waals surface area (Å²) >= 11 is 12.0. The number of hydrogen-bond donors (Lipinski definition) is 1. The summed E-state index contributed by atoms with van der Waals surface area (Å²) in [6, 6.07) is 5.06. The fourth-order valence-electron chi connectivity index (χ4n) is 1.79. The second-order valence-electron chi connectivity index (χ2n) is 3.78. The second-order valence-corrected chi connectivity index (χ2v) is 4.63.